The molecule has 17 heavy (non-hydrogen) atoms. The van der Waals surface area contributed by atoms with Crippen LogP contribution in [0.4, 0.5) is 4.79 Å². The smallest absolute Gasteiger partial charge is 0.410 e. The number of hydrogen-bond acceptors (Lipinski definition) is 4. The Labute approximate surface area is 102 Å². The Bertz CT molecular complexity index is 305. The van der Waals surface area contributed by atoms with Crippen LogP contribution in [0.25, 0.3) is 0 Å². The van der Waals surface area contributed by atoms with Gasteiger partial charge in [0.25, 0.3) is 0 Å². The largest absolute Gasteiger partial charge is 0.444 e. The van der Waals surface area contributed by atoms with Gasteiger partial charge in [0.1, 0.15) is 5.60 Å². The lowest BCUT2D eigenvalue weighted by atomic mass is 9.78. The molecular formula is C12H22N2O3. The van der Waals surface area contributed by atoms with Gasteiger partial charge in [0.05, 0.1) is 12.7 Å². The molecule has 0 aromatic rings. The maximum atomic E-state index is 11.8. The van der Waals surface area contributed by atoms with Crippen molar-refractivity contribution in [3.8, 4) is 0 Å². The van der Waals surface area contributed by atoms with Crippen molar-refractivity contribution >= 4 is 6.09 Å². The zero-order chi connectivity index (χ0) is 12.7. The minimum absolute atomic E-state index is 0.140. The average Bonchev–Trinajstić information content (AvgIpc) is 2.56. The number of carbonyl (C=O) groups excluding carboxylic acids is 1. The zero-order valence-electron chi connectivity index (χ0n) is 10.9. The highest BCUT2D eigenvalue weighted by molar-refractivity contribution is 5.69. The van der Waals surface area contributed by atoms with Crippen LogP contribution in [0.3, 0.4) is 0 Å². The number of ether oxygens (including phenoxy) is 2. The first-order chi connectivity index (χ1) is 7.84. The van der Waals surface area contributed by atoms with E-state index < -0.39 is 5.60 Å². The van der Waals surface area contributed by atoms with Gasteiger partial charge in [0.2, 0.25) is 0 Å². The Morgan fingerprint density at radius 2 is 2.18 bits per heavy atom. The minimum Gasteiger partial charge on any atom is -0.444 e. The van der Waals surface area contributed by atoms with Crippen molar-refractivity contribution in [3.05, 3.63) is 0 Å². The molecule has 2 fully saturated rings. The molecule has 0 aromatic carbocycles. The monoisotopic (exact) mass is 242 g/mol. The lowest BCUT2D eigenvalue weighted by Gasteiger charge is -2.47. The fourth-order valence-electron chi connectivity index (χ4n) is 2.49. The summed E-state index contributed by atoms with van der Waals surface area (Å²) in [5, 5.41) is 0. The Morgan fingerprint density at radius 1 is 1.53 bits per heavy atom. The molecule has 1 spiro atoms. The summed E-state index contributed by atoms with van der Waals surface area (Å²) in [6, 6.07) is 0. The quantitative estimate of drug-likeness (QED) is 0.744. The number of amides is 1. The van der Waals surface area contributed by atoms with E-state index in [9.17, 15) is 4.79 Å². The minimum atomic E-state index is -0.425. The topological polar surface area (TPSA) is 64.8 Å². The van der Waals surface area contributed by atoms with Gasteiger partial charge in [-0.25, -0.2) is 4.79 Å². The van der Waals surface area contributed by atoms with Crippen molar-refractivity contribution in [1.82, 2.24) is 4.90 Å². The van der Waals surface area contributed by atoms with Gasteiger partial charge in [0, 0.05) is 25.0 Å². The summed E-state index contributed by atoms with van der Waals surface area (Å²) >= 11 is 0. The van der Waals surface area contributed by atoms with E-state index in [0.29, 0.717) is 13.2 Å². The number of hydrogen-bond donors (Lipinski definition) is 1. The highest BCUT2D eigenvalue weighted by Crippen LogP contribution is 2.41. The van der Waals surface area contributed by atoms with E-state index in [1.165, 1.54) is 0 Å². The van der Waals surface area contributed by atoms with Crippen LogP contribution in [0.1, 0.15) is 27.2 Å². The highest BCUT2D eigenvalue weighted by Gasteiger charge is 2.51. The van der Waals surface area contributed by atoms with Gasteiger partial charge >= 0.3 is 6.09 Å². The van der Waals surface area contributed by atoms with Crippen LogP contribution in [-0.2, 0) is 9.47 Å². The van der Waals surface area contributed by atoms with Gasteiger partial charge in [-0.2, -0.15) is 0 Å². The molecule has 2 aliphatic heterocycles. The second-order valence-corrected chi connectivity index (χ2v) is 6.21. The standard InChI is InChI=1S/C12H22N2O3/c1-11(2,3)17-10(15)14-6-12(7-14)4-9(5-13)16-8-12/h9H,4-8,13H2,1-3H3/t9-/m0/s1. The summed E-state index contributed by atoms with van der Waals surface area (Å²) in [4.78, 5) is 13.5. The van der Waals surface area contributed by atoms with E-state index in [2.05, 4.69) is 0 Å². The molecule has 2 N–H and O–H groups in total. The third-order valence-corrected chi connectivity index (χ3v) is 3.25. The summed E-state index contributed by atoms with van der Waals surface area (Å²) in [7, 11) is 0. The van der Waals surface area contributed by atoms with Crippen LogP contribution >= 0.6 is 0 Å². The van der Waals surface area contributed by atoms with E-state index >= 15 is 0 Å². The van der Waals surface area contributed by atoms with Gasteiger partial charge in [-0.15, -0.1) is 0 Å². The molecule has 1 amide bonds. The predicted molar refractivity (Wildman–Crippen MR) is 63.7 cm³/mol. The summed E-state index contributed by atoms with van der Waals surface area (Å²) in [5.74, 6) is 0. The molecule has 0 radical (unpaired) electrons. The van der Waals surface area contributed by atoms with Crippen LogP contribution in [-0.4, -0.2) is 48.9 Å². The lowest BCUT2D eigenvalue weighted by Crippen LogP contribution is -2.59. The van der Waals surface area contributed by atoms with E-state index in [0.717, 1.165) is 19.5 Å². The van der Waals surface area contributed by atoms with Gasteiger partial charge in [-0.05, 0) is 27.2 Å². The summed E-state index contributed by atoms with van der Waals surface area (Å²) in [6.07, 6.45) is 0.901. The van der Waals surface area contributed by atoms with Crippen LogP contribution < -0.4 is 5.73 Å². The predicted octanol–water partition coefficient (Wildman–Crippen LogP) is 0.971. The number of rotatable bonds is 1. The van der Waals surface area contributed by atoms with E-state index in [4.69, 9.17) is 15.2 Å². The van der Waals surface area contributed by atoms with Crippen molar-refractivity contribution in [3.63, 3.8) is 0 Å². The molecular weight excluding hydrogens is 220 g/mol. The van der Waals surface area contributed by atoms with Gasteiger partial charge in [0.15, 0.2) is 0 Å². The maximum absolute atomic E-state index is 11.8. The third kappa shape index (κ3) is 2.72. The first kappa shape index (κ1) is 12.6. The maximum Gasteiger partial charge on any atom is 0.410 e. The first-order valence-corrected chi connectivity index (χ1v) is 6.13. The molecule has 1 atom stereocenters. The Morgan fingerprint density at radius 3 is 2.65 bits per heavy atom. The molecule has 2 saturated heterocycles. The fraction of sp³-hybridized carbons (Fsp3) is 0.917. The normalized spacial score (nSPS) is 27.1. The van der Waals surface area contributed by atoms with Crippen molar-refractivity contribution < 1.29 is 14.3 Å². The summed E-state index contributed by atoms with van der Waals surface area (Å²) in [6.45, 7) is 8.38. The molecule has 2 heterocycles. The van der Waals surface area contributed by atoms with Crippen LogP contribution in [0.2, 0.25) is 0 Å². The van der Waals surface area contributed by atoms with E-state index in [-0.39, 0.29) is 17.6 Å². The zero-order valence-corrected chi connectivity index (χ0v) is 10.9. The molecule has 0 saturated carbocycles. The SMILES string of the molecule is CC(C)(C)OC(=O)N1CC2(CO[C@H](CN)C2)C1. The van der Waals surface area contributed by atoms with Crippen molar-refractivity contribution in [2.75, 3.05) is 26.2 Å². The Balaban J connectivity index is 1.81. The summed E-state index contributed by atoms with van der Waals surface area (Å²) in [5.41, 5.74) is 5.30. The number of likely N-dealkylation sites (tertiary alicyclic amines) is 1. The lowest BCUT2D eigenvalue weighted by molar-refractivity contribution is -0.0369. The molecule has 0 aromatic heterocycles. The molecule has 0 aliphatic carbocycles. The molecule has 2 rings (SSSR count). The van der Waals surface area contributed by atoms with Crippen LogP contribution in [0, 0.1) is 5.41 Å². The average molecular weight is 242 g/mol. The molecule has 5 heteroatoms. The third-order valence-electron chi connectivity index (χ3n) is 3.25. The highest BCUT2D eigenvalue weighted by atomic mass is 16.6. The van der Waals surface area contributed by atoms with E-state index in [1.807, 2.05) is 20.8 Å². The van der Waals surface area contributed by atoms with Gasteiger partial charge < -0.3 is 20.1 Å². The molecule has 98 valence electrons. The molecule has 0 unspecified atom stereocenters. The first-order valence-electron chi connectivity index (χ1n) is 6.13. The number of nitrogens with zero attached hydrogens (tertiary/aromatic N) is 1. The summed E-state index contributed by atoms with van der Waals surface area (Å²) < 4.78 is 10.9. The van der Waals surface area contributed by atoms with Crippen molar-refractivity contribution in [2.24, 2.45) is 11.1 Å². The van der Waals surface area contributed by atoms with Crippen molar-refractivity contribution in [2.45, 2.75) is 38.9 Å². The Kier molecular flexibility index (Phi) is 3.08. The number of nitrogens with two attached hydrogens (primary N) is 1. The molecule has 2 aliphatic rings. The van der Waals surface area contributed by atoms with Crippen LogP contribution in [0.15, 0.2) is 0 Å². The van der Waals surface area contributed by atoms with E-state index in [1.54, 1.807) is 4.90 Å². The van der Waals surface area contributed by atoms with Gasteiger partial charge in [-0.3, -0.25) is 0 Å². The van der Waals surface area contributed by atoms with Crippen molar-refractivity contribution in [1.29, 1.82) is 0 Å². The second-order valence-electron chi connectivity index (χ2n) is 6.21. The molecule has 0 bridgehead atoms. The fourth-order valence-corrected chi connectivity index (χ4v) is 2.49. The molecule has 5 nitrogen and oxygen atoms in total. The second kappa shape index (κ2) is 4.14. The Hall–Kier alpha value is -0.810. The van der Waals surface area contributed by atoms with Crippen LogP contribution in [0.5, 0.6) is 0 Å². The number of carbonyl (C=O) groups is 1. The van der Waals surface area contributed by atoms with Gasteiger partial charge in [-0.1, -0.05) is 0 Å².